The Morgan fingerprint density at radius 1 is 1.33 bits per heavy atom. The molecule has 1 unspecified atom stereocenters. The van der Waals surface area contributed by atoms with Gasteiger partial charge in [0.1, 0.15) is 12.1 Å². The second-order valence-electron chi connectivity index (χ2n) is 5.07. The lowest BCUT2D eigenvalue weighted by atomic mass is 10.1. The van der Waals surface area contributed by atoms with Gasteiger partial charge in [-0.25, -0.2) is 14.8 Å². The minimum atomic E-state index is -0.993. The summed E-state index contributed by atoms with van der Waals surface area (Å²) in [6, 6.07) is 4.75. The second-order valence-corrected chi connectivity index (χ2v) is 5.07. The lowest BCUT2D eigenvalue weighted by Gasteiger charge is -2.18. The number of nitrogens with two attached hydrogens (primary N) is 1. The van der Waals surface area contributed by atoms with Crippen molar-refractivity contribution in [1.29, 1.82) is 0 Å². The quantitative estimate of drug-likeness (QED) is 0.857. The van der Waals surface area contributed by atoms with Gasteiger partial charge in [-0.1, -0.05) is 0 Å². The van der Waals surface area contributed by atoms with E-state index in [0.717, 1.165) is 5.39 Å². The number of primary amides is 1. The number of carbonyl (C=O) groups excluding carboxylic acids is 1. The maximum Gasteiger partial charge on any atom is 0.335 e. The van der Waals surface area contributed by atoms with Crippen LogP contribution in [-0.2, 0) is 4.79 Å². The topological polar surface area (TPSA) is 109 Å². The number of anilines is 1. The summed E-state index contributed by atoms with van der Waals surface area (Å²) in [7, 11) is 0. The third kappa shape index (κ3) is 2.37. The number of aromatic carboxylic acids is 1. The SMILES string of the molecule is NC(=O)C1CCN(c2ncnc3cc(C(=O)O)ccc23)C1. The summed E-state index contributed by atoms with van der Waals surface area (Å²) in [6.07, 6.45) is 2.11. The molecule has 3 N–H and O–H groups in total. The monoisotopic (exact) mass is 286 g/mol. The Hall–Kier alpha value is -2.70. The molecule has 1 atom stereocenters. The molecule has 108 valence electrons. The van der Waals surface area contributed by atoms with Gasteiger partial charge in [-0.15, -0.1) is 0 Å². The second kappa shape index (κ2) is 5.01. The van der Waals surface area contributed by atoms with E-state index in [-0.39, 0.29) is 17.4 Å². The van der Waals surface area contributed by atoms with Crippen molar-refractivity contribution in [2.45, 2.75) is 6.42 Å². The number of fused-ring (bicyclic) bond motifs is 1. The van der Waals surface area contributed by atoms with Crippen molar-refractivity contribution in [2.75, 3.05) is 18.0 Å². The van der Waals surface area contributed by atoms with Crippen molar-refractivity contribution in [2.24, 2.45) is 11.7 Å². The highest BCUT2D eigenvalue weighted by molar-refractivity contribution is 5.96. The summed E-state index contributed by atoms with van der Waals surface area (Å²) < 4.78 is 0. The maximum atomic E-state index is 11.3. The Bertz CT molecular complexity index is 731. The normalized spacial score (nSPS) is 18.1. The molecule has 0 saturated carbocycles. The van der Waals surface area contributed by atoms with Gasteiger partial charge in [-0.2, -0.15) is 0 Å². The zero-order valence-electron chi connectivity index (χ0n) is 11.2. The molecule has 21 heavy (non-hydrogen) atoms. The smallest absolute Gasteiger partial charge is 0.335 e. The predicted molar refractivity (Wildman–Crippen MR) is 76.0 cm³/mol. The zero-order chi connectivity index (χ0) is 15.0. The highest BCUT2D eigenvalue weighted by Crippen LogP contribution is 2.28. The lowest BCUT2D eigenvalue weighted by Crippen LogP contribution is -2.27. The fourth-order valence-electron chi connectivity index (χ4n) is 2.61. The van der Waals surface area contributed by atoms with Crippen LogP contribution in [0.1, 0.15) is 16.8 Å². The number of amides is 1. The molecule has 0 radical (unpaired) electrons. The summed E-state index contributed by atoms with van der Waals surface area (Å²) in [5.41, 5.74) is 6.10. The molecule has 1 aromatic carbocycles. The Kier molecular flexibility index (Phi) is 3.17. The van der Waals surface area contributed by atoms with Gasteiger partial charge in [0, 0.05) is 18.5 Å². The highest BCUT2D eigenvalue weighted by atomic mass is 16.4. The molecule has 0 spiro atoms. The number of hydrogen-bond acceptors (Lipinski definition) is 5. The third-order valence-electron chi connectivity index (χ3n) is 3.75. The molecular formula is C14H14N4O3. The van der Waals surface area contributed by atoms with Gasteiger partial charge < -0.3 is 15.7 Å². The zero-order valence-corrected chi connectivity index (χ0v) is 11.2. The number of carboxylic acids is 1. The van der Waals surface area contributed by atoms with E-state index in [4.69, 9.17) is 10.8 Å². The molecular weight excluding hydrogens is 272 g/mol. The van der Waals surface area contributed by atoms with Gasteiger partial charge in [-0.3, -0.25) is 4.79 Å². The van der Waals surface area contributed by atoms with Crippen LogP contribution in [0.4, 0.5) is 5.82 Å². The van der Waals surface area contributed by atoms with E-state index < -0.39 is 5.97 Å². The molecule has 1 aliphatic heterocycles. The Labute approximate surface area is 120 Å². The number of hydrogen-bond donors (Lipinski definition) is 2. The van der Waals surface area contributed by atoms with Crippen molar-refractivity contribution < 1.29 is 14.7 Å². The minimum Gasteiger partial charge on any atom is -0.478 e. The average Bonchev–Trinajstić information content (AvgIpc) is 2.95. The first-order chi connectivity index (χ1) is 10.1. The van der Waals surface area contributed by atoms with Crippen molar-refractivity contribution in [3.63, 3.8) is 0 Å². The van der Waals surface area contributed by atoms with E-state index in [1.165, 1.54) is 18.5 Å². The van der Waals surface area contributed by atoms with Gasteiger partial charge >= 0.3 is 5.97 Å². The Morgan fingerprint density at radius 3 is 2.81 bits per heavy atom. The number of nitrogens with zero attached hydrogens (tertiary/aromatic N) is 3. The van der Waals surface area contributed by atoms with E-state index in [9.17, 15) is 9.59 Å². The molecule has 2 heterocycles. The first-order valence-corrected chi connectivity index (χ1v) is 6.58. The standard InChI is InChI=1S/C14H14N4O3/c15-12(19)9-3-4-18(6-9)13-10-2-1-8(14(20)21)5-11(10)16-7-17-13/h1-2,5,7,9H,3-4,6H2,(H2,15,19)(H,20,21). The maximum absolute atomic E-state index is 11.3. The van der Waals surface area contributed by atoms with E-state index in [2.05, 4.69) is 9.97 Å². The summed E-state index contributed by atoms with van der Waals surface area (Å²) in [6.45, 7) is 1.22. The van der Waals surface area contributed by atoms with Gasteiger partial charge in [0.05, 0.1) is 17.0 Å². The van der Waals surface area contributed by atoms with Crippen LogP contribution in [0.2, 0.25) is 0 Å². The van der Waals surface area contributed by atoms with Crippen LogP contribution >= 0.6 is 0 Å². The molecule has 0 bridgehead atoms. The van der Waals surface area contributed by atoms with Crippen LogP contribution in [0.5, 0.6) is 0 Å². The predicted octanol–water partition coefficient (Wildman–Crippen LogP) is 0.640. The lowest BCUT2D eigenvalue weighted by molar-refractivity contribution is -0.121. The number of carboxylic acid groups (broad SMARTS) is 1. The Morgan fingerprint density at radius 2 is 2.14 bits per heavy atom. The largest absolute Gasteiger partial charge is 0.478 e. The van der Waals surface area contributed by atoms with E-state index in [1.807, 2.05) is 4.90 Å². The fraction of sp³-hybridized carbons (Fsp3) is 0.286. The van der Waals surface area contributed by atoms with Crippen LogP contribution in [0.15, 0.2) is 24.5 Å². The van der Waals surface area contributed by atoms with Crippen LogP contribution in [0.3, 0.4) is 0 Å². The van der Waals surface area contributed by atoms with Gasteiger partial charge in [0.2, 0.25) is 5.91 Å². The van der Waals surface area contributed by atoms with Crippen molar-refractivity contribution >= 4 is 28.6 Å². The highest BCUT2D eigenvalue weighted by Gasteiger charge is 2.28. The molecule has 1 amide bonds. The molecule has 7 nitrogen and oxygen atoms in total. The molecule has 2 aromatic rings. The average molecular weight is 286 g/mol. The number of aromatic nitrogens is 2. The van der Waals surface area contributed by atoms with E-state index in [0.29, 0.717) is 30.8 Å². The van der Waals surface area contributed by atoms with E-state index >= 15 is 0 Å². The van der Waals surface area contributed by atoms with Crippen LogP contribution in [-0.4, -0.2) is 40.0 Å². The fourth-order valence-corrected chi connectivity index (χ4v) is 2.61. The van der Waals surface area contributed by atoms with Gasteiger partial charge in [-0.05, 0) is 24.6 Å². The van der Waals surface area contributed by atoms with Gasteiger partial charge in [0.15, 0.2) is 0 Å². The first kappa shape index (κ1) is 13.3. The van der Waals surface area contributed by atoms with Crippen molar-refractivity contribution in [3.05, 3.63) is 30.1 Å². The van der Waals surface area contributed by atoms with Crippen molar-refractivity contribution in [1.82, 2.24) is 9.97 Å². The molecule has 1 fully saturated rings. The Balaban J connectivity index is 2.00. The first-order valence-electron chi connectivity index (χ1n) is 6.58. The molecule has 7 heteroatoms. The molecule has 1 aromatic heterocycles. The number of rotatable bonds is 3. The summed E-state index contributed by atoms with van der Waals surface area (Å²) in [4.78, 5) is 32.6. The molecule has 1 aliphatic rings. The third-order valence-corrected chi connectivity index (χ3v) is 3.75. The van der Waals surface area contributed by atoms with E-state index in [1.54, 1.807) is 6.07 Å². The van der Waals surface area contributed by atoms with Crippen LogP contribution in [0, 0.1) is 5.92 Å². The number of benzene rings is 1. The van der Waals surface area contributed by atoms with Crippen LogP contribution in [0.25, 0.3) is 10.9 Å². The van der Waals surface area contributed by atoms with Crippen LogP contribution < -0.4 is 10.6 Å². The van der Waals surface area contributed by atoms with Gasteiger partial charge in [0.25, 0.3) is 0 Å². The molecule has 1 saturated heterocycles. The number of carbonyl (C=O) groups is 2. The summed E-state index contributed by atoms with van der Waals surface area (Å²) in [5, 5.41) is 9.79. The summed E-state index contributed by atoms with van der Waals surface area (Å²) >= 11 is 0. The molecule has 0 aliphatic carbocycles. The molecule has 3 rings (SSSR count). The van der Waals surface area contributed by atoms with Crippen molar-refractivity contribution in [3.8, 4) is 0 Å². The summed E-state index contributed by atoms with van der Waals surface area (Å²) in [5.74, 6) is -0.759. The minimum absolute atomic E-state index is 0.173.